The second-order valence-electron chi connectivity index (χ2n) is 11.0. The molecule has 0 radical (unpaired) electrons. The fraction of sp³-hybridized carbons (Fsp3) is 0.862. The molecule has 1 unspecified atom stereocenters. The number of rotatable bonds is 23. The van der Waals surface area contributed by atoms with Crippen LogP contribution in [-0.2, 0) is 24.0 Å². The van der Waals surface area contributed by atoms with Gasteiger partial charge in [0.15, 0.2) is 5.78 Å². The van der Waals surface area contributed by atoms with E-state index in [2.05, 4.69) is 12.4 Å². The smallest absolute Gasteiger partial charge is 0.475 e. The van der Waals surface area contributed by atoms with E-state index >= 15 is 0 Å². The van der Waals surface area contributed by atoms with Gasteiger partial charge in [-0.15, -0.1) is 5.48 Å². The Morgan fingerprint density at radius 3 is 1.59 bits per heavy atom. The molecule has 6 N–H and O–H groups in total. The SMILES string of the molecule is CCCCCCCCCCCCCCC(N)(CCC(=O)ON[C@H](C(N)=O)C(C)C)C(=O)CCC.O=C(O)C(F)(F)F. The van der Waals surface area contributed by atoms with Crippen molar-refractivity contribution in [2.75, 3.05) is 0 Å². The Bertz CT molecular complexity index is 750. The van der Waals surface area contributed by atoms with Gasteiger partial charge in [0.2, 0.25) is 5.91 Å². The van der Waals surface area contributed by atoms with Gasteiger partial charge in [-0.05, 0) is 25.2 Å². The lowest BCUT2D eigenvalue weighted by Gasteiger charge is -2.28. The standard InChI is InChI=1S/C27H53N3O4.C2HF3O2/c1-5-7-8-9-10-11-12-13-14-15-16-17-20-27(29,23(31)18-6-2)21-19-24(32)34-30-25(22(3)4)26(28)33;3-2(4,5)1(6)7/h22,25,30H,5-21,29H2,1-4H3,(H2,28,33);(H,6,7)/t25-,27?;/m0./s1. The van der Waals surface area contributed by atoms with Gasteiger partial charge in [0.05, 0.1) is 5.54 Å². The van der Waals surface area contributed by atoms with Crippen molar-refractivity contribution in [3.8, 4) is 0 Å². The number of hydroxylamine groups is 1. The van der Waals surface area contributed by atoms with Crippen LogP contribution < -0.4 is 16.9 Å². The fourth-order valence-corrected chi connectivity index (χ4v) is 4.19. The third-order valence-electron chi connectivity index (χ3n) is 6.80. The molecule has 41 heavy (non-hydrogen) atoms. The molecule has 0 aromatic heterocycles. The second-order valence-corrected chi connectivity index (χ2v) is 11.0. The Morgan fingerprint density at radius 2 is 1.22 bits per heavy atom. The molecule has 0 aliphatic carbocycles. The molecule has 242 valence electrons. The summed E-state index contributed by atoms with van der Waals surface area (Å²) in [5.41, 5.74) is 13.3. The zero-order chi connectivity index (χ0) is 31.9. The van der Waals surface area contributed by atoms with Gasteiger partial charge >= 0.3 is 18.1 Å². The maximum atomic E-state index is 12.7. The number of amides is 1. The third kappa shape index (κ3) is 22.1. The number of nitrogens with two attached hydrogens (primary N) is 2. The third-order valence-corrected chi connectivity index (χ3v) is 6.80. The van der Waals surface area contributed by atoms with E-state index in [-0.39, 0.29) is 24.5 Å². The molecule has 12 heteroatoms. The van der Waals surface area contributed by atoms with E-state index in [1.165, 1.54) is 57.8 Å². The van der Waals surface area contributed by atoms with E-state index in [1.807, 2.05) is 6.92 Å². The van der Waals surface area contributed by atoms with Gasteiger partial charge < -0.3 is 21.4 Å². The van der Waals surface area contributed by atoms with Gasteiger partial charge in [0.1, 0.15) is 6.04 Å². The van der Waals surface area contributed by atoms with Gasteiger partial charge in [-0.25, -0.2) is 4.79 Å². The van der Waals surface area contributed by atoms with Crippen LogP contribution in [0.5, 0.6) is 0 Å². The molecule has 0 fully saturated rings. The number of carboxylic acids is 1. The minimum absolute atomic E-state index is 0.0102. The normalized spacial score (nSPS) is 13.6. The number of carbonyl (C=O) groups excluding carboxylic acids is 3. The fourth-order valence-electron chi connectivity index (χ4n) is 4.19. The summed E-state index contributed by atoms with van der Waals surface area (Å²) in [6.45, 7) is 7.81. The van der Waals surface area contributed by atoms with Gasteiger partial charge in [0, 0.05) is 12.8 Å². The molecule has 0 bridgehead atoms. The summed E-state index contributed by atoms with van der Waals surface area (Å²) in [5.74, 6) is -3.99. The van der Waals surface area contributed by atoms with Crippen LogP contribution in [0.15, 0.2) is 0 Å². The maximum absolute atomic E-state index is 12.7. The Balaban J connectivity index is 0. The first kappa shape index (κ1) is 40.9. The van der Waals surface area contributed by atoms with Gasteiger partial charge in [-0.2, -0.15) is 13.2 Å². The van der Waals surface area contributed by atoms with Crippen molar-refractivity contribution in [2.24, 2.45) is 17.4 Å². The van der Waals surface area contributed by atoms with E-state index in [0.29, 0.717) is 12.8 Å². The van der Waals surface area contributed by atoms with E-state index in [4.69, 9.17) is 26.2 Å². The molecule has 0 aliphatic rings. The molecule has 2 atom stereocenters. The summed E-state index contributed by atoms with van der Waals surface area (Å²) in [7, 11) is 0. The monoisotopic (exact) mass is 597 g/mol. The van der Waals surface area contributed by atoms with Crippen molar-refractivity contribution in [1.82, 2.24) is 5.48 Å². The lowest BCUT2D eigenvalue weighted by molar-refractivity contribution is -0.192. The first-order valence-corrected chi connectivity index (χ1v) is 15.0. The number of hydrogen-bond acceptors (Lipinski definition) is 7. The number of carboxylic acid groups (broad SMARTS) is 1. The summed E-state index contributed by atoms with van der Waals surface area (Å²) >= 11 is 0. The molecule has 1 amide bonds. The van der Waals surface area contributed by atoms with E-state index in [9.17, 15) is 27.6 Å². The number of carbonyl (C=O) groups is 4. The topological polar surface area (TPSA) is 162 Å². The Labute approximate surface area is 243 Å². The number of ketones is 1. The number of hydrogen-bond donors (Lipinski definition) is 4. The number of halogens is 3. The molecule has 0 rings (SSSR count). The summed E-state index contributed by atoms with van der Waals surface area (Å²) in [5, 5.41) is 7.12. The summed E-state index contributed by atoms with van der Waals surface area (Å²) in [6.07, 6.45) is 11.9. The zero-order valence-corrected chi connectivity index (χ0v) is 25.5. The number of alkyl halides is 3. The van der Waals surface area contributed by atoms with Crippen molar-refractivity contribution >= 4 is 23.6 Å². The molecule has 0 spiro atoms. The number of unbranched alkanes of at least 4 members (excludes halogenated alkanes) is 11. The molecule has 0 saturated heterocycles. The van der Waals surface area contributed by atoms with Crippen molar-refractivity contribution in [3.63, 3.8) is 0 Å². The lowest BCUT2D eigenvalue weighted by atomic mass is 9.82. The second kappa shape index (κ2) is 23.4. The van der Waals surface area contributed by atoms with Crippen LogP contribution in [0.2, 0.25) is 0 Å². The number of aliphatic carboxylic acids is 1. The van der Waals surface area contributed by atoms with Crippen molar-refractivity contribution in [1.29, 1.82) is 0 Å². The Hall–Kier alpha value is -2.21. The highest BCUT2D eigenvalue weighted by Crippen LogP contribution is 2.23. The predicted octanol–water partition coefficient (Wildman–Crippen LogP) is 6.12. The zero-order valence-electron chi connectivity index (χ0n) is 25.5. The van der Waals surface area contributed by atoms with Crippen LogP contribution in [0, 0.1) is 5.92 Å². The number of Topliss-reactive ketones (excluding diaryl/α,β-unsaturated/α-hetero) is 1. The molecule has 0 aliphatic heterocycles. The van der Waals surface area contributed by atoms with Crippen LogP contribution in [0.3, 0.4) is 0 Å². The Morgan fingerprint density at radius 1 is 0.780 bits per heavy atom. The van der Waals surface area contributed by atoms with Crippen molar-refractivity contribution in [2.45, 2.75) is 155 Å². The van der Waals surface area contributed by atoms with E-state index < -0.39 is 35.6 Å². The van der Waals surface area contributed by atoms with Crippen LogP contribution >= 0.6 is 0 Å². The minimum Gasteiger partial charge on any atom is -0.475 e. The average molecular weight is 598 g/mol. The molecule has 0 aromatic rings. The molecular weight excluding hydrogens is 543 g/mol. The van der Waals surface area contributed by atoms with Gasteiger partial charge in [-0.1, -0.05) is 105 Å². The van der Waals surface area contributed by atoms with Crippen LogP contribution in [0.4, 0.5) is 13.2 Å². The van der Waals surface area contributed by atoms with Crippen LogP contribution in [-0.4, -0.2) is 46.5 Å². The molecule has 0 saturated carbocycles. The van der Waals surface area contributed by atoms with Gasteiger partial charge in [0.25, 0.3) is 0 Å². The summed E-state index contributed by atoms with van der Waals surface area (Å²) < 4.78 is 31.7. The summed E-state index contributed by atoms with van der Waals surface area (Å²) in [6, 6.07) is -0.755. The van der Waals surface area contributed by atoms with Crippen LogP contribution in [0.25, 0.3) is 0 Å². The van der Waals surface area contributed by atoms with Crippen molar-refractivity contribution in [3.05, 3.63) is 0 Å². The van der Waals surface area contributed by atoms with Crippen molar-refractivity contribution < 1.29 is 42.3 Å². The molecule has 9 nitrogen and oxygen atoms in total. The van der Waals surface area contributed by atoms with E-state index in [0.717, 1.165) is 25.7 Å². The number of nitrogens with one attached hydrogen (secondary N) is 1. The van der Waals surface area contributed by atoms with Crippen LogP contribution in [0.1, 0.15) is 137 Å². The first-order chi connectivity index (χ1) is 19.1. The Kier molecular flexibility index (Phi) is 23.3. The first-order valence-electron chi connectivity index (χ1n) is 15.0. The predicted molar refractivity (Wildman–Crippen MR) is 153 cm³/mol. The minimum atomic E-state index is -5.08. The highest BCUT2D eigenvalue weighted by molar-refractivity contribution is 5.88. The average Bonchev–Trinajstić information content (AvgIpc) is 2.87. The maximum Gasteiger partial charge on any atom is 0.490 e. The lowest BCUT2D eigenvalue weighted by Crippen LogP contribution is -2.49. The van der Waals surface area contributed by atoms with Gasteiger partial charge in [-0.3, -0.25) is 14.4 Å². The highest BCUT2D eigenvalue weighted by Gasteiger charge is 2.38. The molecule has 0 aromatic carbocycles. The number of primary amides is 1. The highest BCUT2D eigenvalue weighted by atomic mass is 19.4. The van der Waals surface area contributed by atoms with E-state index in [1.54, 1.807) is 13.8 Å². The quantitative estimate of drug-likeness (QED) is 0.0809. The largest absolute Gasteiger partial charge is 0.490 e. The summed E-state index contributed by atoms with van der Waals surface area (Å²) in [4.78, 5) is 50.2. The molecular formula is C29H54F3N3O6. The molecule has 0 heterocycles.